The maximum atomic E-state index is 10.4. The zero-order valence-electron chi connectivity index (χ0n) is 6.77. The van der Waals surface area contributed by atoms with Crippen molar-refractivity contribution in [3.8, 4) is 0 Å². The quantitative estimate of drug-likeness (QED) is 0.782. The average Bonchev–Trinajstić information content (AvgIpc) is 1.98. The van der Waals surface area contributed by atoms with Crippen LogP contribution in [0.1, 0.15) is 5.56 Å². The van der Waals surface area contributed by atoms with Gasteiger partial charge in [0, 0.05) is 14.3 Å². The number of nitrogens with one attached hydrogen (secondary N) is 1. The number of hydrogen-bond donors (Lipinski definition) is 2. The Labute approximate surface area is 94.2 Å². The Hall–Kier alpha value is -0.490. The topological polar surface area (TPSA) is 49.3 Å². The van der Waals surface area contributed by atoms with Gasteiger partial charge in [0.1, 0.15) is 0 Å². The van der Waals surface area contributed by atoms with E-state index in [0.29, 0.717) is 10.7 Å². The number of rotatable bonds is 1. The van der Waals surface area contributed by atoms with E-state index >= 15 is 0 Å². The molecule has 1 rings (SSSR count). The molecule has 1 aromatic rings. The SMILES string of the molecule is Cc1c(I)cc(Cl)cc1NC(=O)O. The van der Waals surface area contributed by atoms with Gasteiger partial charge in [-0.2, -0.15) is 0 Å². The highest BCUT2D eigenvalue weighted by Crippen LogP contribution is 2.25. The van der Waals surface area contributed by atoms with E-state index in [2.05, 4.69) is 27.9 Å². The van der Waals surface area contributed by atoms with Crippen molar-refractivity contribution in [2.24, 2.45) is 0 Å². The van der Waals surface area contributed by atoms with Crippen molar-refractivity contribution < 1.29 is 9.90 Å². The van der Waals surface area contributed by atoms with Crippen LogP contribution in [0.5, 0.6) is 0 Å². The van der Waals surface area contributed by atoms with Crippen LogP contribution in [0.4, 0.5) is 10.5 Å². The first-order valence-electron chi connectivity index (χ1n) is 3.46. The van der Waals surface area contributed by atoms with Crippen molar-refractivity contribution in [3.63, 3.8) is 0 Å². The van der Waals surface area contributed by atoms with Gasteiger partial charge in [-0.05, 0) is 47.2 Å². The minimum absolute atomic E-state index is 0.527. The van der Waals surface area contributed by atoms with Crippen molar-refractivity contribution in [1.82, 2.24) is 0 Å². The standard InChI is InChI=1S/C8H7ClINO2/c1-4-6(10)2-5(9)3-7(4)11-8(12)13/h2-3,11H,1H3,(H,12,13). The molecule has 0 heterocycles. The van der Waals surface area contributed by atoms with Crippen molar-refractivity contribution in [3.05, 3.63) is 26.3 Å². The highest BCUT2D eigenvalue weighted by molar-refractivity contribution is 14.1. The predicted molar refractivity (Wildman–Crippen MR) is 60.6 cm³/mol. The van der Waals surface area contributed by atoms with Crippen molar-refractivity contribution in [2.75, 3.05) is 5.32 Å². The predicted octanol–water partition coefficient (Wildman–Crippen LogP) is 3.34. The molecule has 5 heteroatoms. The molecule has 0 saturated carbocycles. The molecule has 0 spiro atoms. The summed E-state index contributed by atoms with van der Waals surface area (Å²) in [6.45, 7) is 1.84. The molecule has 0 atom stereocenters. The molecular formula is C8H7ClINO2. The van der Waals surface area contributed by atoms with Crippen LogP contribution in [-0.4, -0.2) is 11.2 Å². The molecule has 70 valence electrons. The molecule has 1 aromatic carbocycles. The number of halogens is 2. The van der Waals surface area contributed by atoms with E-state index in [9.17, 15) is 4.79 Å². The number of hydrogen-bond acceptors (Lipinski definition) is 1. The summed E-state index contributed by atoms with van der Waals surface area (Å²) < 4.78 is 0.939. The number of carboxylic acid groups (broad SMARTS) is 1. The lowest BCUT2D eigenvalue weighted by Gasteiger charge is -2.07. The van der Waals surface area contributed by atoms with Crippen molar-refractivity contribution in [2.45, 2.75) is 6.92 Å². The minimum atomic E-state index is -1.08. The van der Waals surface area contributed by atoms with Gasteiger partial charge in [0.15, 0.2) is 0 Å². The molecule has 2 N–H and O–H groups in total. The second-order valence-corrected chi connectivity index (χ2v) is 4.09. The fraction of sp³-hybridized carbons (Fsp3) is 0.125. The summed E-state index contributed by atoms with van der Waals surface area (Å²) in [6.07, 6.45) is -1.08. The summed E-state index contributed by atoms with van der Waals surface area (Å²) in [5.74, 6) is 0. The van der Waals surface area contributed by atoms with Crippen LogP contribution in [-0.2, 0) is 0 Å². The van der Waals surface area contributed by atoms with E-state index in [1.807, 2.05) is 6.92 Å². The molecule has 0 radical (unpaired) electrons. The van der Waals surface area contributed by atoms with Crippen molar-refractivity contribution >= 4 is 46.0 Å². The fourth-order valence-electron chi connectivity index (χ4n) is 0.891. The molecule has 1 amide bonds. The van der Waals surface area contributed by atoms with E-state index in [1.165, 1.54) is 0 Å². The molecule has 0 saturated heterocycles. The molecule has 0 bridgehead atoms. The van der Waals surface area contributed by atoms with Gasteiger partial charge in [-0.25, -0.2) is 4.79 Å². The first kappa shape index (κ1) is 10.6. The highest BCUT2D eigenvalue weighted by atomic mass is 127. The lowest BCUT2D eigenvalue weighted by Crippen LogP contribution is -2.08. The van der Waals surface area contributed by atoms with Crippen LogP contribution in [0.15, 0.2) is 12.1 Å². The van der Waals surface area contributed by atoms with Gasteiger partial charge in [0.05, 0.1) is 0 Å². The smallest absolute Gasteiger partial charge is 0.409 e. The van der Waals surface area contributed by atoms with Gasteiger partial charge in [0.25, 0.3) is 0 Å². The van der Waals surface area contributed by atoms with Crippen LogP contribution in [0.3, 0.4) is 0 Å². The van der Waals surface area contributed by atoms with Crippen LogP contribution >= 0.6 is 34.2 Å². The van der Waals surface area contributed by atoms with Gasteiger partial charge < -0.3 is 5.11 Å². The molecule has 0 unspecified atom stereocenters. The van der Waals surface area contributed by atoms with Gasteiger partial charge in [0.2, 0.25) is 0 Å². The maximum Gasteiger partial charge on any atom is 0.409 e. The molecular weight excluding hydrogens is 304 g/mol. The third-order valence-corrected chi connectivity index (χ3v) is 2.89. The van der Waals surface area contributed by atoms with Gasteiger partial charge in [-0.3, -0.25) is 5.32 Å². The van der Waals surface area contributed by atoms with Crippen LogP contribution < -0.4 is 5.32 Å². The average molecular weight is 312 g/mol. The van der Waals surface area contributed by atoms with Gasteiger partial charge >= 0.3 is 6.09 Å². The number of amides is 1. The fourth-order valence-corrected chi connectivity index (χ4v) is 1.92. The molecule has 0 aromatic heterocycles. The number of anilines is 1. The molecule has 3 nitrogen and oxygen atoms in total. The molecule has 0 fully saturated rings. The van der Waals surface area contributed by atoms with E-state index in [1.54, 1.807) is 12.1 Å². The van der Waals surface area contributed by atoms with E-state index < -0.39 is 6.09 Å². The summed E-state index contributed by atoms with van der Waals surface area (Å²) >= 11 is 7.87. The lowest BCUT2D eigenvalue weighted by atomic mass is 10.2. The lowest BCUT2D eigenvalue weighted by molar-refractivity contribution is 0.209. The Balaban J connectivity index is 3.12. The van der Waals surface area contributed by atoms with Gasteiger partial charge in [-0.15, -0.1) is 0 Å². The molecule has 13 heavy (non-hydrogen) atoms. The number of benzene rings is 1. The summed E-state index contributed by atoms with van der Waals surface area (Å²) in [7, 11) is 0. The number of carbonyl (C=O) groups is 1. The van der Waals surface area contributed by atoms with E-state index in [0.717, 1.165) is 9.13 Å². The summed E-state index contributed by atoms with van der Waals surface area (Å²) in [5, 5.41) is 11.3. The van der Waals surface area contributed by atoms with E-state index in [-0.39, 0.29) is 0 Å². The van der Waals surface area contributed by atoms with Crippen LogP contribution in [0.25, 0.3) is 0 Å². The van der Waals surface area contributed by atoms with E-state index in [4.69, 9.17) is 16.7 Å². The largest absolute Gasteiger partial charge is 0.465 e. The second kappa shape index (κ2) is 4.15. The normalized spacial score (nSPS) is 9.77. The first-order valence-corrected chi connectivity index (χ1v) is 4.92. The first-order chi connectivity index (χ1) is 6.00. The second-order valence-electron chi connectivity index (χ2n) is 2.49. The Morgan fingerprint density at radius 2 is 2.23 bits per heavy atom. The Kier molecular flexibility index (Phi) is 3.38. The zero-order valence-corrected chi connectivity index (χ0v) is 9.68. The minimum Gasteiger partial charge on any atom is -0.465 e. The molecule has 0 aliphatic heterocycles. The Morgan fingerprint density at radius 3 is 2.77 bits per heavy atom. The van der Waals surface area contributed by atoms with Crippen LogP contribution in [0, 0.1) is 10.5 Å². The summed E-state index contributed by atoms with van der Waals surface area (Å²) in [6, 6.07) is 3.37. The summed E-state index contributed by atoms with van der Waals surface area (Å²) in [4.78, 5) is 10.4. The molecule has 0 aliphatic rings. The Morgan fingerprint density at radius 1 is 1.62 bits per heavy atom. The Bertz CT molecular complexity index is 354. The zero-order chi connectivity index (χ0) is 10.0. The maximum absolute atomic E-state index is 10.4. The summed E-state index contributed by atoms with van der Waals surface area (Å²) in [5.41, 5.74) is 1.41. The van der Waals surface area contributed by atoms with Gasteiger partial charge in [-0.1, -0.05) is 11.6 Å². The third-order valence-electron chi connectivity index (χ3n) is 1.55. The monoisotopic (exact) mass is 311 g/mol. The van der Waals surface area contributed by atoms with Crippen LogP contribution in [0.2, 0.25) is 5.02 Å². The van der Waals surface area contributed by atoms with Crippen molar-refractivity contribution in [1.29, 1.82) is 0 Å². The third kappa shape index (κ3) is 2.73. The highest BCUT2D eigenvalue weighted by Gasteiger charge is 2.06. The molecule has 0 aliphatic carbocycles.